The molecule has 2 heteroatoms. The van der Waals surface area contributed by atoms with E-state index in [1.54, 1.807) is 12.1 Å². The van der Waals surface area contributed by atoms with Gasteiger partial charge in [0, 0.05) is 6.07 Å². The molecule has 65 valence electrons. The number of unbranched alkanes of at least 4 members (excludes halogenated alkanes) is 1. The van der Waals surface area contributed by atoms with Crippen molar-refractivity contribution in [3.63, 3.8) is 0 Å². The molecule has 12 heavy (non-hydrogen) atoms. The van der Waals surface area contributed by atoms with E-state index in [-0.39, 0.29) is 5.75 Å². The molecular formula is C10H13O2. The number of aromatic hydroxyl groups is 1. The van der Waals surface area contributed by atoms with Gasteiger partial charge in [0.25, 0.3) is 0 Å². The van der Waals surface area contributed by atoms with Gasteiger partial charge < -0.3 is 9.84 Å². The second kappa shape index (κ2) is 4.65. The Hall–Kier alpha value is -1.18. The zero-order chi connectivity index (χ0) is 8.81. The number of rotatable bonds is 4. The fourth-order valence-electron chi connectivity index (χ4n) is 0.819. The maximum atomic E-state index is 8.94. The Bertz CT molecular complexity index is 216. The van der Waals surface area contributed by atoms with Crippen molar-refractivity contribution >= 4 is 0 Å². The lowest BCUT2D eigenvalue weighted by molar-refractivity contribution is 0.308. The third-order valence-electron chi connectivity index (χ3n) is 1.52. The monoisotopic (exact) mass is 165 g/mol. The third kappa shape index (κ3) is 2.82. The fraction of sp³-hybridized carbons (Fsp3) is 0.400. The van der Waals surface area contributed by atoms with E-state index in [0.29, 0.717) is 5.75 Å². The molecule has 2 nitrogen and oxygen atoms in total. The molecule has 1 radical (unpaired) electrons. The topological polar surface area (TPSA) is 29.5 Å². The van der Waals surface area contributed by atoms with Gasteiger partial charge in [-0.1, -0.05) is 13.3 Å². The van der Waals surface area contributed by atoms with Gasteiger partial charge in [-0.2, -0.15) is 0 Å². The van der Waals surface area contributed by atoms with Gasteiger partial charge in [-0.25, -0.2) is 0 Å². The quantitative estimate of drug-likeness (QED) is 0.694. The van der Waals surface area contributed by atoms with Crippen LogP contribution >= 0.6 is 0 Å². The Kier molecular flexibility index (Phi) is 3.45. The van der Waals surface area contributed by atoms with Crippen LogP contribution in [-0.2, 0) is 0 Å². The van der Waals surface area contributed by atoms with Crippen LogP contribution in [0, 0.1) is 6.07 Å². The predicted molar refractivity (Wildman–Crippen MR) is 47.3 cm³/mol. The van der Waals surface area contributed by atoms with Crippen LogP contribution in [0.3, 0.4) is 0 Å². The maximum Gasteiger partial charge on any atom is 0.127 e. The van der Waals surface area contributed by atoms with Gasteiger partial charge in [-0.05, 0) is 24.6 Å². The van der Waals surface area contributed by atoms with Crippen LogP contribution in [0.4, 0.5) is 0 Å². The van der Waals surface area contributed by atoms with Crippen molar-refractivity contribution in [2.75, 3.05) is 6.61 Å². The molecule has 0 bridgehead atoms. The largest absolute Gasteiger partial charge is 0.508 e. The van der Waals surface area contributed by atoms with Crippen LogP contribution < -0.4 is 4.74 Å². The molecule has 0 aromatic heterocycles. The molecule has 0 amide bonds. The lowest BCUT2D eigenvalue weighted by Crippen LogP contribution is -1.95. The Labute approximate surface area is 72.8 Å². The molecule has 0 aliphatic rings. The first-order valence-corrected chi connectivity index (χ1v) is 4.16. The van der Waals surface area contributed by atoms with Gasteiger partial charge in [0.15, 0.2) is 0 Å². The summed E-state index contributed by atoms with van der Waals surface area (Å²) in [5, 5.41) is 8.94. The summed E-state index contributed by atoms with van der Waals surface area (Å²) in [6, 6.07) is 7.63. The summed E-state index contributed by atoms with van der Waals surface area (Å²) in [6.07, 6.45) is 2.17. The van der Waals surface area contributed by atoms with Crippen LogP contribution in [0.25, 0.3) is 0 Å². The second-order valence-corrected chi connectivity index (χ2v) is 2.61. The van der Waals surface area contributed by atoms with Crippen molar-refractivity contribution in [1.29, 1.82) is 0 Å². The molecule has 1 aromatic carbocycles. The van der Waals surface area contributed by atoms with Crippen LogP contribution in [0.2, 0.25) is 0 Å². The summed E-state index contributed by atoms with van der Waals surface area (Å²) in [5.41, 5.74) is 0. The van der Waals surface area contributed by atoms with E-state index in [1.807, 2.05) is 0 Å². The van der Waals surface area contributed by atoms with E-state index in [0.717, 1.165) is 19.4 Å². The fourth-order valence-corrected chi connectivity index (χ4v) is 0.819. The number of benzene rings is 1. The summed E-state index contributed by atoms with van der Waals surface area (Å²) in [7, 11) is 0. The van der Waals surface area contributed by atoms with Gasteiger partial charge in [-0.3, -0.25) is 0 Å². The molecule has 1 rings (SSSR count). The summed E-state index contributed by atoms with van der Waals surface area (Å²) in [5.74, 6) is 0.916. The number of hydrogen-bond acceptors (Lipinski definition) is 2. The molecular weight excluding hydrogens is 152 g/mol. The molecule has 0 aliphatic carbocycles. The Morgan fingerprint density at radius 1 is 1.50 bits per heavy atom. The van der Waals surface area contributed by atoms with E-state index in [2.05, 4.69) is 13.0 Å². The zero-order valence-electron chi connectivity index (χ0n) is 7.21. The van der Waals surface area contributed by atoms with Crippen molar-refractivity contribution in [3.05, 3.63) is 24.3 Å². The number of ether oxygens (including phenoxy) is 1. The lowest BCUT2D eigenvalue weighted by atomic mass is 10.3. The predicted octanol–water partition coefficient (Wildman–Crippen LogP) is 2.37. The highest BCUT2D eigenvalue weighted by Gasteiger charge is 1.92. The van der Waals surface area contributed by atoms with Gasteiger partial charge in [0.05, 0.1) is 6.61 Å². The van der Waals surface area contributed by atoms with Crippen molar-refractivity contribution in [3.8, 4) is 11.5 Å². The highest BCUT2D eigenvalue weighted by molar-refractivity contribution is 5.28. The first-order chi connectivity index (χ1) is 5.83. The molecule has 0 unspecified atom stereocenters. The smallest absolute Gasteiger partial charge is 0.127 e. The SMILES string of the molecule is CCCCOc1[c]cc(O)cc1. The van der Waals surface area contributed by atoms with Crippen molar-refractivity contribution in [1.82, 2.24) is 0 Å². The van der Waals surface area contributed by atoms with E-state index in [9.17, 15) is 0 Å². The van der Waals surface area contributed by atoms with Crippen LogP contribution in [0.1, 0.15) is 19.8 Å². The number of phenolic OH excluding ortho intramolecular Hbond substituents is 1. The minimum absolute atomic E-state index is 0.220. The van der Waals surface area contributed by atoms with Gasteiger partial charge in [0.2, 0.25) is 0 Å². The average Bonchev–Trinajstić information content (AvgIpc) is 2.09. The molecule has 0 saturated carbocycles. The molecule has 0 heterocycles. The van der Waals surface area contributed by atoms with E-state index in [1.165, 1.54) is 6.07 Å². The highest BCUT2D eigenvalue weighted by Crippen LogP contribution is 2.15. The molecule has 1 aromatic rings. The maximum absolute atomic E-state index is 8.94. The molecule has 1 N–H and O–H groups in total. The minimum Gasteiger partial charge on any atom is -0.508 e. The summed E-state index contributed by atoms with van der Waals surface area (Å²) >= 11 is 0. The number of hydrogen-bond donors (Lipinski definition) is 1. The molecule has 0 saturated heterocycles. The summed E-state index contributed by atoms with van der Waals surface area (Å²) in [4.78, 5) is 0. The average molecular weight is 165 g/mol. The van der Waals surface area contributed by atoms with Crippen molar-refractivity contribution < 1.29 is 9.84 Å². The Morgan fingerprint density at radius 3 is 2.92 bits per heavy atom. The first-order valence-electron chi connectivity index (χ1n) is 4.16. The molecule has 0 aliphatic heterocycles. The zero-order valence-corrected chi connectivity index (χ0v) is 7.21. The Balaban J connectivity index is 2.37. The third-order valence-corrected chi connectivity index (χ3v) is 1.52. The highest BCUT2D eigenvalue weighted by atomic mass is 16.5. The molecule has 0 spiro atoms. The molecule has 0 atom stereocenters. The Morgan fingerprint density at radius 2 is 2.33 bits per heavy atom. The normalized spacial score (nSPS) is 9.75. The van der Waals surface area contributed by atoms with Crippen molar-refractivity contribution in [2.45, 2.75) is 19.8 Å². The van der Waals surface area contributed by atoms with Crippen LogP contribution in [0.5, 0.6) is 11.5 Å². The van der Waals surface area contributed by atoms with E-state index < -0.39 is 0 Å². The summed E-state index contributed by atoms with van der Waals surface area (Å²) in [6.45, 7) is 2.83. The van der Waals surface area contributed by atoms with Gasteiger partial charge in [0.1, 0.15) is 11.5 Å². The van der Waals surface area contributed by atoms with E-state index >= 15 is 0 Å². The standard InChI is InChI=1S/C10H13O2/c1-2-3-8-12-10-6-4-9(11)5-7-10/h4-6,11H,2-3,8H2,1H3. The second-order valence-electron chi connectivity index (χ2n) is 2.61. The number of phenols is 1. The summed E-state index contributed by atoms with van der Waals surface area (Å²) < 4.78 is 5.33. The minimum atomic E-state index is 0.220. The van der Waals surface area contributed by atoms with Crippen LogP contribution in [-0.4, -0.2) is 11.7 Å². The van der Waals surface area contributed by atoms with Gasteiger partial charge in [-0.15, -0.1) is 0 Å². The van der Waals surface area contributed by atoms with Gasteiger partial charge >= 0.3 is 0 Å². The lowest BCUT2D eigenvalue weighted by Gasteiger charge is -2.03. The first kappa shape index (κ1) is 8.91. The molecule has 0 fully saturated rings. The van der Waals surface area contributed by atoms with Crippen LogP contribution in [0.15, 0.2) is 18.2 Å². The van der Waals surface area contributed by atoms with E-state index in [4.69, 9.17) is 9.84 Å². The van der Waals surface area contributed by atoms with Crippen molar-refractivity contribution in [2.24, 2.45) is 0 Å².